The second-order valence-electron chi connectivity index (χ2n) is 6.46. The van der Waals surface area contributed by atoms with Gasteiger partial charge in [0.2, 0.25) is 0 Å². The topological polar surface area (TPSA) is 9.23 Å². The summed E-state index contributed by atoms with van der Waals surface area (Å²) in [6.45, 7) is 7.38. The summed E-state index contributed by atoms with van der Waals surface area (Å²) in [6, 6.07) is 25.6. The van der Waals surface area contributed by atoms with E-state index in [1.54, 1.807) is 0 Å². The van der Waals surface area contributed by atoms with Gasteiger partial charge in [-0.3, -0.25) is 0 Å². The van der Waals surface area contributed by atoms with E-state index in [-0.39, 0.29) is 0 Å². The molecule has 3 aromatic rings. The molecule has 0 saturated carbocycles. The zero-order valence-corrected chi connectivity index (χ0v) is 15.9. The second-order valence-corrected chi connectivity index (χ2v) is 6.46. The van der Waals surface area contributed by atoms with E-state index in [1.165, 1.54) is 27.8 Å². The van der Waals surface area contributed by atoms with Gasteiger partial charge in [0.15, 0.2) is 0 Å². The van der Waals surface area contributed by atoms with Crippen molar-refractivity contribution in [3.05, 3.63) is 103 Å². The maximum atomic E-state index is 5.71. The first-order valence-corrected chi connectivity index (χ1v) is 9.45. The Kier molecular flexibility index (Phi) is 6.78. The summed E-state index contributed by atoms with van der Waals surface area (Å²) in [7, 11) is 0. The molecule has 0 aliphatic heterocycles. The zero-order valence-electron chi connectivity index (χ0n) is 15.9. The fraction of sp³-hybridized carbons (Fsp3) is 0.154. The molecule has 27 heavy (non-hydrogen) atoms. The van der Waals surface area contributed by atoms with Crippen LogP contribution in [0, 0.1) is 0 Å². The molecule has 0 atom stereocenters. The van der Waals surface area contributed by atoms with E-state index < -0.39 is 0 Å². The molecule has 1 heteroatoms. The standard InChI is InChI=1S/C26H26O/c1-3-5-9-18-27-20-21-12-17-26(22(4-2)19-21)25-15-13-24(14-16-25)23-10-7-6-8-11-23/h4-17,19H,2-3,18,20H2,1H3/b9-5+. The van der Waals surface area contributed by atoms with E-state index in [1.807, 2.05) is 12.1 Å². The lowest BCUT2D eigenvalue weighted by atomic mass is 9.95. The first kappa shape index (κ1) is 18.9. The first-order valence-electron chi connectivity index (χ1n) is 9.45. The molecule has 0 radical (unpaired) electrons. The molecule has 0 amide bonds. The Labute approximate surface area is 162 Å². The lowest BCUT2D eigenvalue weighted by Gasteiger charge is -2.11. The Hall–Kier alpha value is -2.90. The van der Waals surface area contributed by atoms with Gasteiger partial charge in [0, 0.05) is 0 Å². The maximum absolute atomic E-state index is 5.71. The molecule has 136 valence electrons. The number of hydrogen-bond donors (Lipinski definition) is 0. The van der Waals surface area contributed by atoms with Gasteiger partial charge in [-0.1, -0.05) is 98.5 Å². The summed E-state index contributed by atoms with van der Waals surface area (Å²) in [5.41, 5.74) is 7.15. The Balaban J connectivity index is 1.76. The molecule has 0 N–H and O–H groups in total. The highest BCUT2D eigenvalue weighted by Crippen LogP contribution is 2.28. The van der Waals surface area contributed by atoms with Gasteiger partial charge in [-0.2, -0.15) is 0 Å². The first-order chi connectivity index (χ1) is 13.3. The van der Waals surface area contributed by atoms with E-state index in [0.29, 0.717) is 13.2 Å². The van der Waals surface area contributed by atoms with Crippen LogP contribution >= 0.6 is 0 Å². The molecule has 0 aromatic heterocycles. The Morgan fingerprint density at radius 1 is 0.815 bits per heavy atom. The molecule has 0 aliphatic rings. The lowest BCUT2D eigenvalue weighted by molar-refractivity contribution is 0.148. The van der Waals surface area contributed by atoms with Gasteiger partial charge in [-0.05, 0) is 45.9 Å². The van der Waals surface area contributed by atoms with Crippen LogP contribution in [0.2, 0.25) is 0 Å². The van der Waals surface area contributed by atoms with Crippen LogP contribution in [-0.4, -0.2) is 6.61 Å². The molecule has 0 bridgehead atoms. The van der Waals surface area contributed by atoms with Crippen LogP contribution in [0.3, 0.4) is 0 Å². The van der Waals surface area contributed by atoms with Crippen molar-refractivity contribution in [3.8, 4) is 22.3 Å². The largest absolute Gasteiger partial charge is 0.373 e. The Bertz CT molecular complexity index is 889. The second kappa shape index (κ2) is 9.70. The van der Waals surface area contributed by atoms with E-state index in [2.05, 4.69) is 92.4 Å². The van der Waals surface area contributed by atoms with E-state index in [0.717, 1.165) is 12.0 Å². The Morgan fingerprint density at radius 2 is 1.52 bits per heavy atom. The lowest BCUT2D eigenvalue weighted by Crippen LogP contribution is -1.94. The zero-order chi connectivity index (χ0) is 18.9. The highest BCUT2D eigenvalue weighted by Gasteiger charge is 2.05. The van der Waals surface area contributed by atoms with Crippen molar-refractivity contribution in [2.75, 3.05) is 6.61 Å². The van der Waals surface area contributed by atoms with Crippen molar-refractivity contribution in [1.82, 2.24) is 0 Å². The Morgan fingerprint density at radius 3 is 2.22 bits per heavy atom. The molecule has 1 nitrogen and oxygen atoms in total. The van der Waals surface area contributed by atoms with Gasteiger partial charge in [-0.15, -0.1) is 0 Å². The highest BCUT2D eigenvalue weighted by atomic mass is 16.5. The molecule has 0 fully saturated rings. The van der Waals surface area contributed by atoms with Gasteiger partial charge in [0.1, 0.15) is 0 Å². The van der Waals surface area contributed by atoms with Gasteiger partial charge < -0.3 is 4.74 Å². The van der Waals surface area contributed by atoms with E-state index in [9.17, 15) is 0 Å². The molecule has 0 saturated heterocycles. The van der Waals surface area contributed by atoms with Gasteiger partial charge in [0.05, 0.1) is 13.2 Å². The highest BCUT2D eigenvalue weighted by molar-refractivity contribution is 5.77. The SMILES string of the molecule is C=Cc1cc(COC/C=C/CC)ccc1-c1ccc(-c2ccccc2)cc1. The minimum absolute atomic E-state index is 0.613. The number of ether oxygens (including phenoxy) is 1. The fourth-order valence-corrected chi connectivity index (χ4v) is 3.09. The van der Waals surface area contributed by atoms with Crippen molar-refractivity contribution in [2.45, 2.75) is 20.0 Å². The normalized spacial score (nSPS) is 11.0. The summed E-state index contributed by atoms with van der Waals surface area (Å²) in [6.07, 6.45) is 7.15. The predicted octanol–water partition coefficient (Wildman–Crippen LogP) is 7.15. The summed E-state index contributed by atoms with van der Waals surface area (Å²) < 4.78 is 5.71. The molecule has 0 aliphatic carbocycles. The monoisotopic (exact) mass is 354 g/mol. The van der Waals surface area contributed by atoms with Crippen molar-refractivity contribution >= 4 is 6.08 Å². The summed E-state index contributed by atoms with van der Waals surface area (Å²) in [5, 5.41) is 0. The van der Waals surface area contributed by atoms with Crippen LogP contribution < -0.4 is 0 Å². The number of allylic oxidation sites excluding steroid dienone is 1. The maximum Gasteiger partial charge on any atom is 0.0721 e. The molecule has 0 spiro atoms. The van der Waals surface area contributed by atoms with Crippen molar-refractivity contribution in [3.63, 3.8) is 0 Å². The average Bonchev–Trinajstić information content (AvgIpc) is 2.74. The molecular weight excluding hydrogens is 328 g/mol. The predicted molar refractivity (Wildman–Crippen MR) is 116 cm³/mol. The van der Waals surface area contributed by atoms with Crippen LogP contribution in [-0.2, 0) is 11.3 Å². The molecule has 3 rings (SSSR count). The van der Waals surface area contributed by atoms with Crippen molar-refractivity contribution in [1.29, 1.82) is 0 Å². The third-order valence-corrected chi connectivity index (χ3v) is 4.52. The van der Waals surface area contributed by atoms with Crippen molar-refractivity contribution in [2.24, 2.45) is 0 Å². The molecule has 3 aromatic carbocycles. The quantitative estimate of drug-likeness (QED) is 0.308. The third-order valence-electron chi connectivity index (χ3n) is 4.52. The fourth-order valence-electron chi connectivity index (χ4n) is 3.09. The molecule has 0 heterocycles. The van der Waals surface area contributed by atoms with Gasteiger partial charge in [-0.25, -0.2) is 0 Å². The summed E-state index contributed by atoms with van der Waals surface area (Å²) in [5.74, 6) is 0. The van der Waals surface area contributed by atoms with Crippen LogP contribution in [0.1, 0.15) is 24.5 Å². The number of hydrogen-bond acceptors (Lipinski definition) is 1. The number of benzene rings is 3. The molecule has 0 unspecified atom stereocenters. The average molecular weight is 354 g/mol. The summed E-state index contributed by atoms with van der Waals surface area (Å²) in [4.78, 5) is 0. The van der Waals surface area contributed by atoms with Crippen LogP contribution in [0.15, 0.2) is 91.5 Å². The van der Waals surface area contributed by atoms with E-state index in [4.69, 9.17) is 4.74 Å². The summed E-state index contributed by atoms with van der Waals surface area (Å²) >= 11 is 0. The van der Waals surface area contributed by atoms with E-state index >= 15 is 0 Å². The minimum atomic E-state index is 0.613. The molecular formula is C26H26O. The third kappa shape index (κ3) is 5.06. The smallest absolute Gasteiger partial charge is 0.0721 e. The number of rotatable bonds is 8. The van der Waals surface area contributed by atoms with Crippen LogP contribution in [0.4, 0.5) is 0 Å². The van der Waals surface area contributed by atoms with Crippen LogP contribution in [0.5, 0.6) is 0 Å². The van der Waals surface area contributed by atoms with Gasteiger partial charge in [0.25, 0.3) is 0 Å². The van der Waals surface area contributed by atoms with Crippen molar-refractivity contribution < 1.29 is 4.74 Å². The van der Waals surface area contributed by atoms with Crippen LogP contribution in [0.25, 0.3) is 28.3 Å². The van der Waals surface area contributed by atoms with Gasteiger partial charge >= 0.3 is 0 Å². The minimum Gasteiger partial charge on any atom is -0.373 e.